The number of benzene rings is 1. The SMILES string of the molecule is O=C(NCCCN1CCOCC1)[C@@H](C1CCCC1)N1CCN(C(=O)COc2ccccc2)CC1. The molecule has 188 valence electrons. The number of carbonyl (C=O) groups excluding carboxylic acids is 2. The summed E-state index contributed by atoms with van der Waals surface area (Å²) in [6, 6.07) is 9.36. The van der Waals surface area contributed by atoms with Crippen LogP contribution in [0, 0.1) is 5.92 Å². The summed E-state index contributed by atoms with van der Waals surface area (Å²) in [6.07, 6.45) is 5.63. The van der Waals surface area contributed by atoms with Gasteiger partial charge in [0.05, 0.1) is 19.3 Å². The van der Waals surface area contributed by atoms with Gasteiger partial charge in [-0.05, 0) is 43.9 Å². The quantitative estimate of drug-likeness (QED) is 0.522. The first-order chi connectivity index (χ1) is 16.7. The maximum atomic E-state index is 13.3. The lowest BCUT2D eigenvalue weighted by Crippen LogP contribution is -2.58. The lowest BCUT2D eigenvalue weighted by atomic mass is 9.95. The van der Waals surface area contributed by atoms with Gasteiger partial charge in [0.2, 0.25) is 5.91 Å². The van der Waals surface area contributed by atoms with Crippen molar-refractivity contribution in [2.45, 2.75) is 38.1 Å². The molecule has 2 aliphatic heterocycles. The molecule has 1 aromatic carbocycles. The highest BCUT2D eigenvalue weighted by Gasteiger charge is 2.37. The molecule has 0 spiro atoms. The molecule has 2 amide bonds. The Morgan fingerprint density at radius 1 is 1.00 bits per heavy atom. The molecule has 3 aliphatic rings. The van der Waals surface area contributed by atoms with Crippen LogP contribution in [-0.2, 0) is 14.3 Å². The first kappa shape index (κ1) is 24.9. The van der Waals surface area contributed by atoms with E-state index in [1.54, 1.807) is 0 Å². The molecule has 1 N–H and O–H groups in total. The van der Waals surface area contributed by atoms with Crippen molar-refractivity contribution in [3.05, 3.63) is 30.3 Å². The molecule has 2 heterocycles. The fourth-order valence-electron chi connectivity index (χ4n) is 5.40. The second kappa shape index (κ2) is 13.1. The summed E-state index contributed by atoms with van der Waals surface area (Å²) in [6.45, 7) is 8.12. The predicted molar refractivity (Wildman–Crippen MR) is 131 cm³/mol. The molecule has 0 unspecified atom stereocenters. The number of carbonyl (C=O) groups is 2. The molecule has 2 saturated heterocycles. The summed E-state index contributed by atoms with van der Waals surface area (Å²) >= 11 is 0. The lowest BCUT2D eigenvalue weighted by Gasteiger charge is -2.40. The monoisotopic (exact) mass is 472 g/mol. The second-order valence-corrected chi connectivity index (χ2v) is 9.61. The zero-order chi connectivity index (χ0) is 23.6. The molecule has 3 fully saturated rings. The molecule has 8 heteroatoms. The third-order valence-electron chi connectivity index (χ3n) is 7.33. The molecule has 4 rings (SSSR count). The molecule has 34 heavy (non-hydrogen) atoms. The molecule has 8 nitrogen and oxygen atoms in total. The van der Waals surface area contributed by atoms with Gasteiger partial charge < -0.3 is 19.7 Å². The first-order valence-electron chi connectivity index (χ1n) is 13.0. The number of hydrogen-bond donors (Lipinski definition) is 1. The zero-order valence-corrected chi connectivity index (χ0v) is 20.3. The number of piperazine rings is 1. The number of para-hydroxylation sites is 1. The van der Waals surface area contributed by atoms with E-state index in [1.165, 1.54) is 12.8 Å². The molecule has 1 aliphatic carbocycles. The van der Waals surface area contributed by atoms with E-state index >= 15 is 0 Å². The van der Waals surface area contributed by atoms with Gasteiger partial charge in [0.15, 0.2) is 6.61 Å². The summed E-state index contributed by atoms with van der Waals surface area (Å²) in [5.41, 5.74) is 0. The van der Waals surface area contributed by atoms with Crippen molar-refractivity contribution >= 4 is 11.8 Å². The Morgan fingerprint density at radius 3 is 2.41 bits per heavy atom. The summed E-state index contributed by atoms with van der Waals surface area (Å²) in [5.74, 6) is 1.30. The van der Waals surface area contributed by atoms with Crippen molar-refractivity contribution in [1.29, 1.82) is 0 Å². The van der Waals surface area contributed by atoms with Gasteiger partial charge in [-0.15, -0.1) is 0 Å². The van der Waals surface area contributed by atoms with Gasteiger partial charge in [-0.1, -0.05) is 31.0 Å². The number of nitrogens with one attached hydrogen (secondary N) is 1. The van der Waals surface area contributed by atoms with Crippen molar-refractivity contribution in [2.75, 3.05) is 72.2 Å². The largest absolute Gasteiger partial charge is 0.484 e. The Hall–Kier alpha value is -2.16. The van der Waals surface area contributed by atoms with Gasteiger partial charge in [0, 0.05) is 45.8 Å². The van der Waals surface area contributed by atoms with E-state index in [2.05, 4.69) is 15.1 Å². The van der Waals surface area contributed by atoms with E-state index in [-0.39, 0.29) is 24.5 Å². The van der Waals surface area contributed by atoms with E-state index in [4.69, 9.17) is 9.47 Å². The summed E-state index contributed by atoms with van der Waals surface area (Å²) in [4.78, 5) is 32.5. The van der Waals surface area contributed by atoms with E-state index < -0.39 is 0 Å². The number of amides is 2. The first-order valence-corrected chi connectivity index (χ1v) is 13.0. The number of ether oxygens (including phenoxy) is 2. The highest BCUT2D eigenvalue weighted by Crippen LogP contribution is 2.31. The van der Waals surface area contributed by atoms with Crippen LogP contribution in [0.5, 0.6) is 5.75 Å². The molecular weight excluding hydrogens is 432 g/mol. The van der Waals surface area contributed by atoms with Gasteiger partial charge in [0.25, 0.3) is 5.91 Å². The van der Waals surface area contributed by atoms with Crippen LogP contribution in [0.4, 0.5) is 0 Å². The Balaban J connectivity index is 1.22. The number of rotatable bonds is 10. The fourth-order valence-corrected chi connectivity index (χ4v) is 5.40. The van der Waals surface area contributed by atoms with Crippen molar-refractivity contribution in [2.24, 2.45) is 5.92 Å². The van der Waals surface area contributed by atoms with Crippen LogP contribution in [0.3, 0.4) is 0 Å². The summed E-state index contributed by atoms with van der Waals surface area (Å²) < 4.78 is 11.0. The van der Waals surface area contributed by atoms with Crippen molar-refractivity contribution in [1.82, 2.24) is 20.0 Å². The standard InChI is InChI=1S/C26H40N4O4/c31-24(21-34-23-9-2-1-3-10-23)29-13-15-30(16-14-29)25(22-7-4-5-8-22)26(32)27-11-6-12-28-17-19-33-20-18-28/h1-3,9-10,22,25H,4-8,11-21H2,(H,27,32)/t25-/m1/s1. The number of morpholine rings is 1. The van der Waals surface area contributed by atoms with E-state index in [9.17, 15) is 9.59 Å². The minimum absolute atomic E-state index is 0.00786. The van der Waals surface area contributed by atoms with E-state index in [0.29, 0.717) is 31.3 Å². The maximum absolute atomic E-state index is 13.3. The van der Waals surface area contributed by atoms with Gasteiger partial charge in [-0.3, -0.25) is 19.4 Å². The average Bonchev–Trinajstić information content (AvgIpc) is 3.41. The predicted octanol–water partition coefficient (Wildman–Crippen LogP) is 1.61. The molecular formula is C26H40N4O4. The minimum atomic E-state index is -0.0799. The Labute approximate surface area is 203 Å². The fraction of sp³-hybridized carbons (Fsp3) is 0.692. The van der Waals surface area contributed by atoms with Gasteiger partial charge in [-0.25, -0.2) is 0 Å². The Bertz CT molecular complexity index is 757. The van der Waals surface area contributed by atoms with Crippen LogP contribution < -0.4 is 10.1 Å². The topological polar surface area (TPSA) is 74.4 Å². The van der Waals surface area contributed by atoms with Gasteiger partial charge in [-0.2, -0.15) is 0 Å². The maximum Gasteiger partial charge on any atom is 0.260 e. The lowest BCUT2D eigenvalue weighted by molar-refractivity contribution is -0.137. The Kier molecular flexibility index (Phi) is 9.59. The molecule has 0 aromatic heterocycles. The average molecular weight is 473 g/mol. The van der Waals surface area contributed by atoms with Gasteiger partial charge in [0.1, 0.15) is 5.75 Å². The Morgan fingerprint density at radius 2 is 1.71 bits per heavy atom. The molecule has 0 bridgehead atoms. The smallest absolute Gasteiger partial charge is 0.260 e. The third kappa shape index (κ3) is 7.17. The summed E-state index contributed by atoms with van der Waals surface area (Å²) in [7, 11) is 0. The van der Waals surface area contributed by atoms with Crippen LogP contribution in [0.15, 0.2) is 30.3 Å². The molecule has 0 radical (unpaired) electrons. The molecule has 1 saturated carbocycles. The van der Waals surface area contributed by atoms with Crippen molar-refractivity contribution in [3.63, 3.8) is 0 Å². The van der Waals surface area contributed by atoms with Gasteiger partial charge >= 0.3 is 0 Å². The van der Waals surface area contributed by atoms with Crippen LogP contribution in [-0.4, -0.2) is 105 Å². The van der Waals surface area contributed by atoms with Crippen molar-refractivity contribution < 1.29 is 19.1 Å². The number of hydrogen-bond acceptors (Lipinski definition) is 6. The highest BCUT2D eigenvalue weighted by atomic mass is 16.5. The summed E-state index contributed by atoms with van der Waals surface area (Å²) in [5, 5.41) is 3.23. The van der Waals surface area contributed by atoms with E-state index in [0.717, 1.165) is 65.2 Å². The molecule has 1 atom stereocenters. The van der Waals surface area contributed by atoms with Crippen LogP contribution in [0.1, 0.15) is 32.1 Å². The zero-order valence-electron chi connectivity index (χ0n) is 20.3. The number of nitrogens with zero attached hydrogens (tertiary/aromatic N) is 3. The second-order valence-electron chi connectivity index (χ2n) is 9.61. The van der Waals surface area contributed by atoms with E-state index in [1.807, 2.05) is 35.2 Å². The normalized spacial score (nSPS) is 21.4. The van der Waals surface area contributed by atoms with Crippen molar-refractivity contribution in [3.8, 4) is 5.75 Å². The minimum Gasteiger partial charge on any atom is -0.484 e. The van der Waals surface area contributed by atoms with Crippen LogP contribution >= 0.6 is 0 Å². The van der Waals surface area contributed by atoms with Crippen LogP contribution in [0.2, 0.25) is 0 Å². The third-order valence-corrected chi connectivity index (χ3v) is 7.33. The van der Waals surface area contributed by atoms with Crippen LogP contribution in [0.25, 0.3) is 0 Å². The highest BCUT2D eigenvalue weighted by molar-refractivity contribution is 5.82. The molecule has 1 aromatic rings.